The van der Waals surface area contributed by atoms with Crippen molar-refractivity contribution >= 4 is 53.9 Å². The number of hydrogen-bond acceptors (Lipinski definition) is 6. The zero-order valence-electron chi connectivity index (χ0n) is 21.8. The molecular formula is C26H35ClN6O3Si. The minimum absolute atomic E-state index is 0.203. The van der Waals surface area contributed by atoms with Gasteiger partial charge in [-0.1, -0.05) is 50.3 Å². The van der Waals surface area contributed by atoms with Gasteiger partial charge in [-0.3, -0.25) is 9.59 Å². The number of amides is 2. The number of nitrogens with zero attached hydrogens (tertiary/aromatic N) is 4. The van der Waals surface area contributed by atoms with Crippen LogP contribution < -0.4 is 11.1 Å². The zero-order valence-corrected chi connectivity index (χ0v) is 23.6. The molecule has 1 aliphatic rings. The number of nitrogens with two attached hydrogens (primary N) is 1. The molecule has 3 N–H and O–H groups in total. The fourth-order valence-corrected chi connectivity index (χ4v) is 5.54. The average molecular weight is 543 g/mol. The SMILES string of the molecule is C[C@H]1CC[C@H](c2cccc(Cl)c2)N(C(=O)C(=O)Nc2cnc(N)c3cnn(COCC[Si](C)(C)C)c23)C1. The molecule has 9 nitrogen and oxygen atoms in total. The maximum atomic E-state index is 13.4. The monoisotopic (exact) mass is 542 g/mol. The number of hydrogen-bond donors (Lipinski definition) is 2. The van der Waals surface area contributed by atoms with Crippen LogP contribution in [0.25, 0.3) is 10.9 Å². The first-order valence-electron chi connectivity index (χ1n) is 12.6. The molecule has 0 aliphatic carbocycles. The molecule has 0 bridgehead atoms. The van der Waals surface area contributed by atoms with E-state index in [2.05, 4.69) is 42.0 Å². The van der Waals surface area contributed by atoms with E-state index in [1.165, 1.54) is 6.20 Å². The Balaban J connectivity index is 1.55. The lowest BCUT2D eigenvalue weighted by molar-refractivity contribution is -0.146. The third-order valence-corrected chi connectivity index (χ3v) is 8.61. The van der Waals surface area contributed by atoms with E-state index in [4.69, 9.17) is 22.1 Å². The molecule has 0 spiro atoms. The molecule has 1 aromatic carbocycles. The van der Waals surface area contributed by atoms with Gasteiger partial charge < -0.3 is 20.7 Å². The lowest BCUT2D eigenvalue weighted by Crippen LogP contribution is -2.46. The van der Waals surface area contributed by atoms with Crippen molar-refractivity contribution < 1.29 is 14.3 Å². The highest BCUT2D eigenvalue weighted by Gasteiger charge is 2.34. The smallest absolute Gasteiger partial charge is 0.314 e. The van der Waals surface area contributed by atoms with Crippen molar-refractivity contribution in [2.24, 2.45) is 5.92 Å². The molecule has 0 unspecified atom stereocenters. The van der Waals surface area contributed by atoms with Gasteiger partial charge in [-0.15, -0.1) is 0 Å². The number of carbonyl (C=O) groups is 2. The predicted octanol–water partition coefficient (Wildman–Crippen LogP) is 4.92. The molecule has 0 saturated carbocycles. The molecule has 11 heteroatoms. The summed E-state index contributed by atoms with van der Waals surface area (Å²) >= 11 is 6.21. The minimum Gasteiger partial charge on any atom is -0.383 e. The number of rotatable bonds is 7. The van der Waals surface area contributed by atoms with Crippen molar-refractivity contribution in [2.45, 2.75) is 58.2 Å². The summed E-state index contributed by atoms with van der Waals surface area (Å²) in [6.07, 6.45) is 4.77. The topological polar surface area (TPSA) is 115 Å². The summed E-state index contributed by atoms with van der Waals surface area (Å²) in [6.45, 7) is 10.3. The fourth-order valence-electron chi connectivity index (χ4n) is 4.58. The molecule has 2 aromatic heterocycles. The van der Waals surface area contributed by atoms with Gasteiger partial charge in [0.15, 0.2) is 0 Å². The Labute approximate surface area is 223 Å². The summed E-state index contributed by atoms with van der Waals surface area (Å²) in [5, 5.41) is 8.34. The molecule has 3 heterocycles. The summed E-state index contributed by atoms with van der Waals surface area (Å²) in [5.41, 5.74) is 7.92. The first-order valence-corrected chi connectivity index (χ1v) is 16.7. The Kier molecular flexibility index (Phi) is 8.20. The molecule has 2 amide bonds. The third-order valence-electron chi connectivity index (χ3n) is 6.67. The number of pyridine rings is 1. The Morgan fingerprint density at radius 3 is 2.76 bits per heavy atom. The van der Waals surface area contributed by atoms with E-state index in [0.29, 0.717) is 40.6 Å². The van der Waals surface area contributed by atoms with E-state index in [9.17, 15) is 9.59 Å². The normalized spacial score (nSPS) is 18.2. The minimum atomic E-state index is -1.23. The molecule has 4 rings (SSSR count). The van der Waals surface area contributed by atoms with Crippen LogP contribution in [0.15, 0.2) is 36.7 Å². The van der Waals surface area contributed by atoms with Crippen LogP contribution in [-0.2, 0) is 21.1 Å². The van der Waals surface area contributed by atoms with Crippen molar-refractivity contribution in [2.75, 3.05) is 24.2 Å². The van der Waals surface area contributed by atoms with Crippen LogP contribution in [0.3, 0.4) is 0 Å². The van der Waals surface area contributed by atoms with E-state index in [-0.39, 0.29) is 18.7 Å². The van der Waals surface area contributed by atoms with Gasteiger partial charge in [0.05, 0.1) is 35.0 Å². The molecule has 2 atom stereocenters. The number of likely N-dealkylation sites (tertiary alicyclic amines) is 1. The lowest BCUT2D eigenvalue weighted by atomic mass is 9.90. The Bertz CT molecular complexity index is 1290. The maximum absolute atomic E-state index is 13.4. The summed E-state index contributed by atoms with van der Waals surface area (Å²) in [5.74, 6) is -0.759. The van der Waals surface area contributed by atoms with Crippen molar-refractivity contribution in [3.05, 3.63) is 47.2 Å². The van der Waals surface area contributed by atoms with Gasteiger partial charge in [-0.05, 0) is 42.5 Å². The first-order chi connectivity index (χ1) is 17.5. The molecule has 0 radical (unpaired) electrons. The molecule has 1 aliphatic heterocycles. The fraction of sp³-hybridized carbons (Fsp3) is 0.462. The van der Waals surface area contributed by atoms with Crippen LogP contribution in [0.1, 0.15) is 31.4 Å². The summed E-state index contributed by atoms with van der Waals surface area (Å²) in [7, 11) is -1.23. The van der Waals surface area contributed by atoms with Crippen molar-refractivity contribution in [1.82, 2.24) is 19.7 Å². The van der Waals surface area contributed by atoms with Gasteiger partial charge in [0.25, 0.3) is 0 Å². The number of benzene rings is 1. The van der Waals surface area contributed by atoms with Crippen LogP contribution in [0.2, 0.25) is 30.7 Å². The highest BCUT2D eigenvalue weighted by atomic mass is 35.5. The molecule has 198 valence electrons. The van der Waals surface area contributed by atoms with E-state index < -0.39 is 19.9 Å². The van der Waals surface area contributed by atoms with Gasteiger partial charge in [-0.25, -0.2) is 9.67 Å². The van der Waals surface area contributed by atoms with E-state index in [1.807, 2.05) is 18.2 Å². The third kappa shape index (κ3) is 6.49. The number of fused-ring (bicyclic) bond motifs is 1. The number of anilines is 2. The summed E-state index contributed by atoms with van der Waals surface area (Å²) in [6, 6.07) is 8.26. The number of nitrogen functional groups attached to an aromatic ring is 1. The highest BCUT2D eigenvalue weighted by Crippen LogP contribution is 2.35. The van der Waals surface area contributed by atoms with Crippen LogP contribution in [0.5, 0.6) is 0 Å². The predicted molar refractivity (Wildman–Crippen MR) is 149 cm³/mol. The largest absolute Gasteiger partial charge is 0.383 e. The average Bonchev–Trinajstić information content (AvgIpc) is 3.27. The summed E-state index contributed by atoms with van der Waals surface area (Å²) < 4.78 is 7.50. The second-order valence-electron chi connectivity index (χ2n) is 11.0. The Hall–Kier alpha value is -2.95. The number of aromatic nitrogens is 3. The molecule has 37 heavy (non-hydrogen) atoms. The number of carbonyl (C=O) groups excluding carboxylic acids is 2. The lowest BCUT2D eigenvalue weighted by Gasteiger charge is -2.38. The quantitative estimate of drug-likeness (QED) is 0.249. The Morgan fingerprint density at radius 2 is 2.03 bits per heavy atom. The Morgan fingerprint density at radius 1 is 1.24 bits per heavy atom. The number of nitrogens with one attached hydrogen (secondary N) is 1. The van der Waals surface area contributed by atoms with Crippen molar-refractivity contribution in [1.29, 1.82) is 0 Å². The second-order valence-corrected chi connectivity index (χ2v) is 17.0. The van der Waals surface area contributed by atoms with Crippen molar-refractivity contribution in [3.63, 3.8) is 0 Å². The number of piperidine rings is 1. The molecular weight excluding hydrogens is 508 g/mol. The number of ether oxygens (including phenoxy) is 1. The van der Waals surface area contributed by atoms with Gasteiger partial charge in [-0.2, -0.15) is 5.10 Å². The van der Waals surface area contributed by atoms with Gasteiger partial charge in [0.1, 0.15) is 12.5 Å². The first kappa shape index (κ1) is 27.1. The van der Waals surface area contributed by atoms with Gasteiger partial charge in [0.2, 0.25) is 0 Å². The van der Waals surface area contributed by atoms with Crippen LogP contribution in [0.4, 0.5) is 11.5 Å². The van der Waals surface area contributed by atoms with E-state index >= 15 is 0 Å². The molecule has 1 saturated heterocycles. The maximum Gasteiger partial charge on any atom is 0.314 e. The zero-order chi connectivity index (χ0) is 26.7. The van der Waals surface area contributed by atoms with Crippen LogP contribution in [0, 0.1) is 5.92 Å². The van der Waals surface area contributed by atoms with Crippen LogP contribution >= 0.6 is 11.6 Å². The van der Waals surface area contributed by atoms with Crippen LogP contribution in [-0.4, -0.2) is 52.7 Å². The van der Waals surface area contributed by atoms with Gasteiger partial charge >= 0.3 is 11.8 Å². The second kappa shape index (κ2) is 11.2. The molecule has 1 fully saturated rings. The summed E-state index contributed by atoms with van der Waals surface area (Å²) in [4.78, 5) is 32.5. The van der Waals surface area contributed by atoms with E-state index in [0.717, 1.165) is 24.4 Å². The highest BCUT2D eigenvalue weighted by molar-refractivity contribution is 6.76. The van der Waals surface area contributed by atoms with Gasteiger partial charge in [0, 0.05) is 26.2 Å². The van der Waals surface area contributed by atoms with Crippen molar-refractivity contribution in [3.8, 4) is 0 Å². The standard InChI is InChI=1S/C26H35ClN6O3Si/c1-17-8-9-22(18-6-5-7-19(27)12-18)32(15-17)26(35)25(34)31-21-14-29-24(28)20-13-30-33(23(20)21)16-36-10-11-37(2,3)4/h5-7,12-14,17,22H,8-11,15-16H2,1-4H3,(H2,28,29)(H,31,34)/t17-,22+/m0/s1. The number of halogens is 1. The molecule has 3 aromatic rings. The van der Waals surface area contributed by atoms with E-state index in [1.54, 1.807) is 21.8 Å².